The van der Waals surface area contributed by atoms with Crippen LogP contribution >= 0.6 is 15.9 Å². The van der Waals surface area contributed by atoms with Gasteiger partial charge in [0, 0.05) is 22.1 Å². The second kappa shape index (κ2) is 14.4. The van der Waals surface area contributed by atoms with Crippen molar-refractivity contribution in [2.45, 2.75) is 39.2 Å². The van der Waals surface area contributed by atoms with Gasteiger partial charge in [-0.25, -0.2) is 5.43 Å². The first-order valence-electron chi connectivity index (χ1n) is 12.3. The van der Waals surface area contributed by atoms with Crippen molar-refractivity contribution in [2.75, 3.05) is 19.6 Å². The summed E-state index contributed by atoms with van der Waals surface area (Å²) in [7, 11) is 0. The Balaban J connectivity index is 1.49. The predicted molar refractivity (Wildman–Crippen MR) is 147 cm³/mol. The molecule has 0 aliphatic heterocycles. The number of hydrogen-bond donors (Lipinski definition) is 2. The van der Waals surface area contributed by atoms with Crippen molar-refractivity contribution in [1.29, 1.82) is 0 Å². The van der Waals surface area contributed by atoms with Crippen LogP contribution in [0.3, 0.4) is 0 Å². The van der Waals surface area contributed by atoms with Crippen molar-refractivity contribution in [3.8, 4) is 11.3 Å². The smallest absolute Gasteiger partial charge is 0.257 e. The first-order valence-corrected chi connectivity index (χ1v) is 13.1. The summed E-state index contributed by atoms with van der Waals surface area (Å²) < 4.78 is 6.81. The van der Waals surface area contributed by atoms with Gasteiger partial charge in [0.25, 0.3) is 11.8 Å². The maximum absolute atomic E-state index is 12.9. The highest BCUT2D eigenvalue weighted by Gasteiger charge is 2.23. The minimum atomic E-state index is -0.296. The Morgan fingerprint density at radius 2 is 1.81 bits per heavy atom. The fraction of sp³-hybridized carbons (Fsp3) is 0.321. The molecule has 36 heavy (non-hydrogen) atoms. The molecule has 0 aliphatic rings. The number of benzene rings is 2. The molecule has 0 spiro atoms. The van der Waals surface area contributed by atoms with Crippen LogP contribution < -0.4 is 10.7 Å². The van der Waals surface area contributed by atoms with Crippen molar-refractivity contribution in [3.05, 3.63) is 82.5 Å². The molecule has 0 saturated carbocycles. The number of hydrazone groups is 1. The van der Waals surface area contributed by atoms with Gasteiger partial charge in [-0.1, -0.05) is 60.1 Å². The molecule has 0 bridgehead atoms. The molecule has 0 radical (unpaired) electrons. The minimum Gasteiger partial charge on any atom is -0.455 e. The highest BCUT2D eigenvalue weighted by molar-refractivity contribution is 9.10. The van der Waals surface area contributed by atoms with Gasteiger partial charge in [0.05, 0.1) is 12.3 Å². The highest BCUT2D eigenvalue weighted by Crippen LogP contribution is 2.24. The topological polar surface area (TPSA) is 86.9 Å². The van der Waals surface area contributed by atoms with E-state index in [1.54, 1.807) is 12.1 Å². The van der Waals surface area contributed by atoms with Gasteiger partial charge >= 0.3 is 0 Å². The van der Waals surface area contributed by atoms with E-state index in [1.807, 2.05) is 68.4 Å². The molecule has 0 aliphatic carbocycles. The zero-order valence-corrected chi connectivity index (χ0v) is 22.3. The summed E-state index contributed by atoms with van der Waals surface area (Å²) in [5.74, 6) is 1.05. The van der Waals surface area contributed by atoms with Crippen LogP contribution in [-0.2, 0) is 4.79 Å². The van der Waals surface area contributed by atoms with Crippen molar-refractivity contribution in [2.24, 2.45) is 5.10 Å². The van der Waals surface area contributed by atoms with Gasteiger partial charge in [-0.15, -0.1) is 0 Å². The number of amides is 2. The monoisotopic (exact) mass is 552 g/mol. The molecule has 1 atom stereocenters. The highest BCUT2D eigenvalue weighted by atomic mass is 79.9. The van der Waals surface area contributed by atoms with E-state index >= 15 is 0 Å². The predicted octanol–water partition coefficient (Wildman–Crippen LogP) is 5.47. The van der Waals surface area contributed by atoms with Gasteiger partial charge in [-0.3, -0.25) is 14.5 Å². The third-order valence-electron chi connectivity index (χ3n) is 5.88. The molecular formula is C28H33BrN4O3. The average Bonchev–Trinajstić information content (AvgIpc) is 3.37. The molecule has 1 unspecified atom stereocenters. The Hall–Kier alpha value is -3.23. The second-order valence-electron chi connectivity index (χ2n) is 8.30. The fourth-order valence-corrected chi connectivity index (χ4v) is 4.35. The van der Waals surface area contributed by atoms with Gasteiger partial charge in [0.15, 0.2) is 0 Å². The number of unbranched alkanes of at least 4 members (excludes halogenated alkanes) is 1. The van der Waals surface area contributed by atoms with Gasteiger partial charge < -0.3 is 9.73 Å². The number of carbonyl (C=O) groups is 2. The van der Waals surface area contributed by atoms with E-state index < -0.39 is 0 Å². The standard InChI is InChI=1S/C28H33BrN4O3/c1-3-33(4-2)25(15-8-9-18-30-27(34)21-11-6-5-7-12-21)28(35)32-31-20-24-16-17-26(36-24)22-13-10-14-23(29)19-22/h5-7,10-14,16-17,19-20,25H,3-4,8-9,15,18H2,1-2H3,(H,30,34)(H,32,35). The van der Waals surface area contributed by atoms with Crippen LogP contribution in [0.2, 0.25) is 0 Å². The van der Waals surface area contributed by atoms with Crippen LogP contribution in [0.5, 0.6) is 0 Å². The van der Waals surface area contributed by atoms with E-state index in [2.05, 4.69) is 36.7 Å². The zero-order valence-electron chi connectivity index (χ0n) is 20.7. The van der Waals surface area contributed by atoms with Gasteiger partial charge in [-0.2, -0.15) is 5.10 Å². The van der Waals surface area contributed by atoms with Crippen LogP contribution in [0, 0.1) is 0 Å². The first kappa shape index (κ1) is 27.4. The lowest BCUT2D eigenvalue weighted by Crippen LogP contribution is -2.45. The van der Waals surface area contributed by atoms with E-state index in [-0.39, 0.29) is 17.9 Å². The lowest BCUT2D eigenvalue weighted by atomic mass is 10.1. The van der Waals surface area contributed by atoms with Crippen LogP contribution in [0.1, 0.15) is 49.2 Å². The number of nitrogens with one attached hydrogen (secondary N) is 2. The van der Waals surface area contributed by atoms with E-state index in [0.29, 0.717) is 24.3 Å². The summed E-state index contributed by atoms with van der Waals surface area (Å²) in [5, 5.41) is 7.07. The molecule has 7 nitrogen and oxygen atoms in total. The number of nitrogens with zero attached hydrogens (tertiary/aromatic N) is 2. The Kier molecular flexibility index (Phi) is 10.9. The molecular weight excluding hydrogens is 520 g/mol. The van der Waals surface area contributed by atoms with Crippen molar-refractivity contribution < 1.29 is 14.0 Å². The third-order valence-corrected chi connectivity index (χ3v) is 6.38. The van der Waals surface area contributed by atoms with Crippen LogP contribution in [0.4, 0.5) is 0 Å². The first-order chi connectivity index (χ1) is 17.5. The lowest BCUT2D eigenvalue weighted by Gasteiger charge is -2.27. The number of furan rings is 1. The van der Waals surface area contributed by atoms with E-state index in [4.69, 9.17) is 4.42 Å². The van der Waals surface area contributed by atoms with Crippen LogP contribution in [0.25, 0.3) is 11.3 Å². The molecule has 1 aromatic heterocycles. The molecule has 3 rings (SSSR count). The van der Waals surface area contributed by atoms with Crippen molar-refractivity contribution >= 4 is 34.0 Å². The molecule has 8 heteroatoms. The third kappa shape index (κ3) is 8.17. The lowest BCUT2D eigenvalue weighted by molar-refractivity contribution is -0.126. The molecule has 2 N–H and O–H groups in total. The average molecular weight is 554 g/mol. The van der Waals surface area contributed by atoms with E-state index in [0.717, 1.165) is 41.7 Å². The largest absolute Gasteiger partial charge is 0.455 e. The van der Waals surface area contributed by atoms with Crippen LogP contribution in [-0.4, -0.2) is 48.6 Å². The molecule has 0 saturated heterocycles. The zero-order chi connectivity index (χ0) is 25.8. The summed E-state index contributed by atoms with van der Waals surface area (Å²) >= 11 is 3.47. The maximum Gasteiger partial charge on any atom is 0.257 e. The summed E-state index contributed by atoms with van der Waals surface area (Å²) in [5.41, 5.74) is 4.27. The second-order valence-corrected chi connectivity index (χ2v) is 9.22. The van der Waals surface area contributed by atoms with Crippen molar-refractivity contribution in [1.82, 2.24) is 15.6 Å². The Morgan fingerprint density at radius 1 is 1.03 bits per heavy atom. The number of halogens is 1. The van der Waals surface area contributed by atoms with Crippen molar-refractivity contribution in [3.63, 3.8) is 0 Å². The molecule has 1 heterocycles. The molecule has 0 fully saturated rings. The maximum atomic E-state index is 12.9. The summed E-state index contributed by atoms with van der Waals surface area (Å²) in [4.78, 5) is 27.2. The van der Waals surface area contributed by atoms with Crippen LogP contribution in [0.15, 0.2) is 80.7 Å². The SMILES string of the molecule is CCN(CC)C(CCCCNC(=O)c1ccccc1)C(=O)NN=Cc1ccc(-c2cccc(Br)c2)o1. The Labute approximate surface area is 221 Å². The number of carbonyl (C=O) groups excluding carboxylic acids is 2. The van der Waals surface area contributed by atoms with Gasteiger partial charge in [0.1, 0.15) is 11.5 Å². The summed E-state index contributed by atoms with van der Waals surface area (Å²) in [6.07, 6.45) is 3.79. The quantitative estimate of drug-likeness (QED) is 0.167. The summed E-state index contributed by atoms with van der Waals surface area (Å²) in [6, 6.07) is 20.4. The minimum absolute atomic E-state index is 0.0797. The van der Waals surface area contributed by atoms with E-state index in [1.165, 1.54) is 6.21 Å². The van der Waals surface area contributed by atoms with Gasteiger partial charge in [0.2, 0.25) is 0 Å². The fourth-order valence-electron chi connectivity index (χ4n) is 3.95. The van der Waals surface area contributed by atoms with E-state index in [9.17, 15) is 9.59 Å². The summed E-state index contributed by atoms with van der Waals surface area (Å²) in [6.45, 7) is 6.17. The Morgan fingerprint density at radius 3 is 2.53 bits per heavy atom. The number of rotatable bonds is 13. The van der Waals surface area contributed by atoms with Gasteiger partial charge in [-0.05, 0) is 68.8 Å². The Bertz CT molecular complexity index is 1140. The molecule has 3 aromatic rings. The molecule has 2 aromatic carbocycles. The number of hydrogen-bond acceptors (Lipinski definition) is 5. The molecule has 190 valence electrons. The normalized spacial score (nSPS) is 12.1. The number of likely N-dealkylation sites (N-methyl/N-ethyl adjacent to an activating group) is 1. The molecule has 2 amide bonds.